The van der Waals surface area contributed by atoms with E-state index in [-0.39, 0.29) is 0 Å². The highest BCUT2D eigenvalue weighted by Gasteiger charge is 2.01. The third-order valence-electron chi connectivity index (χ3n) is 2.37. The highest BCUT2D eigenvalue weighted by atomic mass is 32.2. The predicted molar refractivity (Wildman–Crippen MR) is 74.7 cm³/mol. The lowest BCUT2D eigenvalue weighted by molar-refractivity contribution is 0.960. The molecule has 1 heterocycles. The molecule has 0 unspecified atom stereocenters. The Balaban J connectivity index is 2.58. The van der Waals surface area contributed by atoms with Crippen molar-refractivity contribution in [2.75, 3.05) is 42.4 Å². The maximum absolute atomic E-state index is 4.26. The molecule has 16 heavy (non-hydrogen) atoms. The van der Waals surface area contributed by atoms with Crippen LogP contribution < -0.4 is 10.2 Å². The Hall–Kier alpha value is -0.900. The molecule has 0 amide bonds. The van der Waals surface area contributed by atoms with Crippen LogP contribution in [-0.4, -0.2) is 37.1 Å². The Morgan fingerprint density at radius 3 is 2.94 bits per heavy atom. The molecule has 0 saturated carbocycles. The summed E-state index contributed by atoms with van der Waals surface area (Å²) in [5, 5.41) is 3.35. The standard InChI is InChI=1S/C12H21N3S/c1-4-5-14-11-8-12(10-13-9-11)15(2)6-7-16-3/h8-10,14H,4-7H2,1-3H3. The molecule has 1 N–H and O–H groups in total. The van der Waals surface area contributed by atoms with Crippen LogP contribution in [0, 0.1) is 0 Å². The molecule has 1 aromatic rings. The Labute approximate surface area is 103 Å². The summed E-state index contributed by atoms with van der Waals surface area (Å²) in [6, 6.07) is 2.16. The molecule has 4 heteroatoms. The van der Waals surface area contributed by atoms with E-state index in [9.17, 15) is 0 Å². The second-order valence-corrected chi connectivity index (χ2v) is 4.76. The highest BCUT2D eigenvalue weighted by molar-refractivity contribution is 7.98. The van der Waals surface area contributed by atoms with Crippen LogP contribution in [0.5, 0.6) is 0 Å². The molecule has 0 fully saturated rings. The number of rotatable bonds is 7. The molecular formula is C12H21N3S. The molecular weight excluding hydrogens is 218 g/mol. The van der Waals surface area contributed by atoms with E-state index in [1.54, 1.807) is 0 Å². The van der Waals surface area contributed by atoms with Crippen molar-refractivity contribution in [1.29, 1.82) is 0 Å². The first-order valence-corrected chi connectivity index (χ1v) is 7.06. The largest absolute Gasteiger partial charge is 0.384 e. The van der Waals surface area contributed by atoms with E-state index in [4.69, 9.17) is 0 Å². The average molecular weight is 239 g/mol. The highest BCUT2D eigenvalue weighted by Crippen LogP contribution is 2.16. The van der Waals surface area contributed by atoms with Gasteiger partial charge in [-0.05, 0) is 18.7 Å². The molecule has 0 atom stereocenters. The van der Waals surface area contributed by atoms with Gasteiger partial charge in [-0.25, -0.2) is 0 Å². The van der Waals surface area contributed by atoms with E-state index in [0.29, 0.717) is 0 Å². The molecule has 3 nitrogen and oxygen atoms in total. The number of anilines is 2. The summed E-state index contributed by atoms with van der Waals surface area (Å²) in [4.78, 5) is 6.49. The Kier molecular flexibility index (Phi) is 6.08. The van der Waals surface area contributed by atoms with Gasteiger partial charge in [0.1, 0.15) is 0 Å². The van der Waals surface area contributed by atoms with Crippen LogP contribution in [0.1, 0.15) is 13.3 Å². The third kappa shape index (κ3) is 4.31. The van der Waals surface area contributed by atoms with Crippen LogP contribution in [0.4, 0.5) is 11.4 Å². The van der Waals surface area contributed by atoms with Crippen molar-refractivity contribution in [1.82, 2.24) is 4.98 Å². The van der Waals surface area contributed by atoms with E-state index in [1.807, 2.05) is 24.2 Å². The van der Waals surface area contributed by atoms with Crippen LogP contribution in [0.15, 0.2) is 18.5 Å². The van der Waals surface area contributed by atoms with Crippen molar-refractivity contribution in [3.05, 3.63) is 18.5 Å². The molecule has 0 aliphatic heterocycles. The van der Waals surface area contributed by atoms with Crippen molar-refractivity contribution < 1.29 is 0 Å². The predicted octanol–water partition coefficient (Wildman–Crippen LogP) is 2.70. The lowest BCUT2D eigenvalue weighted by Gasteiger charge is -2.19. The van der Waals surface area contributed by atoms with Gasteiger partial charge in [-0.1, -0.05) is 6.92 Å². The molecule has 0 spiro atoms. The summed E-state index contributed by atoms with van der Waals surface area (Å²) in [5.74, 6) is 1.14. The monoisotopic (exact) mass is 239 g/mol. The fourth-order valence-corrected chi connectivity index (χ4v) is 1.82. The van der Waals surface area contributed by atoms with E-state index < -0.39 is 0 Å². The van der Waals surface area contributed by atoms with Crippen LogP contribution in [0.2, 0.25) is 0 Å². The Bertz CT molecular complexity index is 304. The molecule has 0 aromatic carbocycles. The molecule has 1 rings (SSSR count). The SMILES string of the molecule is CCCNc1cncc(N(C)CCSC)c1. The maximum atomic E-state index is 4.26. The number of pyridine rings is 1. The van der Waals surface area contributed by atoms with Crippen LogP contribution >= 0.6 is 11.8 Å². The van der Waals surface area contributed by atoms with Gasteiger partial charge in [0.2, 0.25) is 0 Å². The summed E-state index contributed by atoms with van der Waals surface area (Å²) >= 11 is 1.87. The van der Waals surface area contributed by atoms with Crippen molar-refractivity contribution in [3.63, 3.8) is 0 Å². The van der Waals surface area contributed by atoms with Gasteiger partial charge in [0, 0.05) is 25.9 Å². The molecule has 1 aromatic heterocycles. The molecule has 90 valence electrons. The van der Waals surface area contributed by atoms with Crippen molar-refractivity contribution in [2.24, 2.45) is 0 Å². The van der Waals surface area contributed by atoms with Gasteiger partial charge >= 0.3 is 0 Å². The van der Waals surface area contributed by atoms with Crippen LogP contribution in [-0.2, 0) is 0 Å². The molecule has 0 aliphatic rings. The van der Waals surface area contributed by atoms with E-state index >= 15 is 0 Å². The van der Waals surface area contributed by atoms with Gasteiger partial charge in [-0.2, -0.15) is 11.8 Å². The van der Waals surface area contributed by atoms with E-state index in [2.05, 4.69) is 41.5 Å². The molecule has 0 bridgehead atoms. The minimum atomic E-state index is 1.000. The second-order valence-electron chi connectivity index (χ2n) is 3.77. The first-order chi connectivity index (χ1) is 7.77. The Morgan fingerprint density at radius 1 is 1.44 bits per heavy atom. The van der Waals surface area contributed by atoms with Crippen LogP contribution in [0.25, 0.3) is 0 Å². The van der Waals surface area contributed by atoms with E-state index in [0.717, 1.165) is 31.0 Å². The molecule has 0 aliphatic carbocycles. The zero-order valence-electron chi connectivity index (χ0n) is 10.4. The van der Waals surface area contributed by atoms with Gasteiger partial charge in [0.25, 0.3) is 0 Å². The zero-order chi connectivity index (χ0) is 11.8. The molecule has 0 radical (unpaired) electrons. The topological polar surface area (TPSA) is 28.2 Å². The third-order valence-corrected chi connectivity index (χ3v) is 2.97. The first kappa shape index (κ1) is 13.2. The number of thioether (sulfide) groups is 1. The van der Waals surface area contributed by atoms with Crippen molar-refractivity contribution in [3.8, 4) is 0 Å². The summed E-state index contributed by atoms with van der Waals surface area (Å²) in [7, 11) is 2.11. The average Bonchev–Trinajstić information content (AvgIpc) is 2.33. The summed E-state index contributed by atoms with van der Waals surface area (Å²) in [5.41, 5.74) is 2.28. The summed E-state index contributed by atoms with van der Waals surface area (Å²) < 4.78 is 0. The fourth-order valence-electron chi connectivity index (χ4n) is 1.36. The lowest BCUT2D eigenvalue weighted by atomic mass is 10.3. The second kappa shape index (κ2) is 7.39. The van der Waals surface area contributed by atoms with Crippen molar-refractivity contribution >= 4 is 23.1 Å². The summed E-state index contributed by atoms with van der Waals surface area (Å²) in [6.45, 7) is 4.22. The summed E-state index contributed by atoms with van der Waals surface area (Å²) in [6.07, 6.45) is 7.05. The van der Waals surface area contributed by atoms with Crippen LogP contribution in [0.3, 0.4) is 0 Å². The zero-order valence-corrected chi connectivity index (χ0v) is 11.2. The van der Waals surface area contributed by atoms with Gasteiger partial charge in [-0.3, -0.25) is 4.98 Å². The number of aromatic nitrogens is 1. The van der Waals surface area contributed by atoms with Gasteiger partial charge in [-0.15, -0.1) is 0 Å². The Morgan fingerprint density at radius 2 is 2.25 bits per heavy atom. The normalized spacial score (nSPS) is 10.2. The van der Waals surface area contributed by atoms with Gasteiger partial charge < -0.3 is 10.2 Å². The van der Waals surface area contributed by atoms with E-state index in [1.165, 1.54) is 5.69 Å². The fraction of sp³-hybridized carbons (Fsp3) is 0.583. The van der Waals surface area contributed by atoms with Crippen molar-refractivity contribution in [2.45, 2.75) is 13.3 Å². The minimum absolute atomic E-state index is 1.000. The quantitative estimate of drug-likeness (QED) is 0.792. The maximum Gasteiger partial charge on any atom is 0.0571 e. The number of hydrogen-bond acceptors (Lipinski definition) is 4. The lowest BCUT2D eigenvalue weighted by Crippen LogP contribution is -2.20. The molecule has 0 saturated heterocycles. The minimum Gasteiger partial charge on any atom is -0.384 e. The smallest absolute Gasteiger partial charge is 0.0571 e. The first-order valence-electron chi connectivity index (χ1n) is 5.67. The van der Waals surface area contributed by atoms with Gasteiger partial charge in [0.15, 0.2) is 0 Å². The number of nitrogens with zero attached hydrogens (tertiary/aromatic N) is 2. The van der Waals surface area contributed by atoms with Gasteiger partial charge in [0.05, 0.1) is 23.8 Å². The number of hydrogen-bond donors (Lipinski definition) is 1. The number of nitrogens with one attached hydrogen (secondary N) is 1.